The van der Waals surface area contributed by atoms with Crippen LogP contribution in [0.5, 0.6) is 0 Å². The maximum Gasteiger partial charge on any atom is 0.237 e. The van der Waals surface area contributed by atoms with Gasteiger partial charge in [0.2, 0.25) is 5.91 Å². The van der Waals surface area contributed by atoms with E-state index in [0.29, 0.717) is 22.0 Å². The Morgan fingerprint density at radius 3 is 2.87 bits per heavy atom. The number of rotatable bonds is 3. The van der Waals surface area contributed by atoms with Crippen LogP contribution in [0.1, 0.15) is 24.8 Å². The van der Waals surface area contributed by atoms with Gasteiger partial charge < -0.3 is 10.6 Å². The molecule has 1 spiro atoms. The molecule has 4 nitrogen and oxygen atoms in total. The van der Waals surface area contributed by atoms with Crippen LogP contribution in [0.25, 0.3) is 0 Å². The van der Waals surface area contributed by atoms with Crippen LogP contribution >= 0.6 is 23.2 Å². The van der Waals surface area contributed by atoms with E-state index in [0.717, 1.165) is 44.5 Å². The number of nitrogens with zero attached hydrogens (tertiary/aromatic N) is 1. The van der Waals surface area contributed by atoms with Crippen molar-refractivity contribution in [3.8, 4) is 0 Å². The summed E-state index contributed by atoms with van der Waals surface area (Å²) in [6, 6.07) is 5.26. The number of carbonyl (C=O) groups excluding carboxylic acids is 1. The SMILES string of the molecule is CN1CC2(CCNCC2)C[C@@H]1C(=O)NCc1cc(Cl)ccc1Cl. The standard InChI is InChI=1S/C17H23Cl2N3O/c1-22-11-17(4-6-20-7-5-17)9-15(22)16(23)21-10-12-8-13(18)2-3-14(12)19/h2-3,8,15,20H,4-7,9-11H2,1H3,(H,21,23)/t15-/m1/s1. The zero-order valence-corrected chi connectivity index (χ0v) is 14.9. The molecule has 2 fully saturated rings. The topological polar surface area (TPSA) is 44.4 Å². The van der Waals surface area contributed by atoms with E-state index in [1.807, 2.05) is 7.05 Å². The Bertz CT molecular complexity index is 587. The summed E-state index contributed by atoms with van der Waals surface area (Å²) in [5.41, 5.74) is 1.15. The summed E-state index contributed by atoms with van der Waals surface area (Å²) in [5.74, 6) is 0.0824. The first-order valence-corrected chi connectivity index (χ1v) is 8.87. The molecular formula is C17H23Cl2N3O. The monoisotopic (exact) mass is 355 g/mol. The Hall–Kier alpha value is -0.810. The maximum atomic E-state index is 12.6. The summed E-state index contributed by atoms with van der Waals surface area (Å²) in [4.78, 5) is 14.8. The van der Waals surface area contributed by atoms with Crippen LogP contribution < -0.4 is 10.6 Å². The van der Waals surface area contributed by atoms with E-state index in [-0.39, 0.29) is 11.9 Å². The van der Waals surface area contributed by atoms with Gasteiger partial charge in [0, 0.05) is 23.1 Å². The third kappa shape index (κ3) is 3.82. The summed E-state index contributed by atoms with van der Waals surface area (Å²) in [7, 11) is 2.05. The highest BCUT2D eigenvalue weighted by Gasteiger charge is 2.45. The summed E-state index contributed by atoms with van der Waals surface area (Å²) in [6.07, 6.45) is 3.25. The number of likely N-dealkylation sites (tertiary alicyclic amines) is 1. The lowest BCUT2D eigenvalue weighted by atomic mass is 9.77. The predicted molar refractivity (Wildman–Crippen MR) is 93.9 cm³/mol. The van der Waals surface area contributed by atoms with Gasteiger partial charge in [-0.15, -0.1) is 0 Å². The van der Waals surface area contributed by atoms with Gasteiger partial charge in [0.05, 0.1) is 6.04 Å². The lowest BCUT2D eigenvalue weighted by Crippen LogP contribution is -2.41. The third-order valence-corrected chi connectivity index (χ3v) is 5.77. The largest absolute Gasteiger partial charge is 0.351 e. The molecule has 0 aromatic heterocycles. The molecule has 2 aliphatic heterocycles. The van der Waals surface area contributed by atoms with Crippen molar-refractivity contribution in [1.82, 2.24) is 15.5 Å². The highest BCUT2D eigenvalue weighted by molar-refractivity contribution is 6.33. The number of amides is 1. The number of benzene rings is 1. The van der Waals surface area contributed by atoms with Gasteiger partial charge in [0.25, 0.3) is 0 Å². The molecule has 2 N–H and O–H groups in total. The number of nitrogens with one attached hydrogen (secondary N) is 2. The van der Waals surface area contributed by atoms with Gasteiger partial charge in [-0.1, -0.05) is 23.2 Å². The molecule has 3 rings (SSSR count). The zero-order valence-electron chi connectivity index (χ0n) is 13.4. The van der Waals surface area contributed by atoms with Crippen molar-refractivity contribution in [2.24, 2.45) is 5.41 Å². The van der Waals surface area contributed by atoms with E-state index in [9.17, 15) is 4.79 Å². The van der Waals surface area contributed by atoms with Crippen LogP contribution in [0.4, 0.5) is 0 Å². The van der Waals surface area contributed by atoms with E-state index in [2.05, 4.69) is 15.5 Å². The molecule has 6 heteroatoms. The Kier molecular flexibility index (Phi) is 5.16. The number of carbonyl (C=O) groups is 1. The van der Waals surface area contributed by atoms with Crippen molar-refractivity contribution in [3.05, 3.63) is 33.8 Å². The second-order valence-electron chi connectivity index (χ2n) is 6.84. The Morgan fingerprint density at radius 1 is 1.39 bits per heavy atom. The molecule has 1 aromatic rings. The molecule has 0 bridgehead atoms. The number of halogens is 2. The van der Waals surface area contributed by atoms with Gasteiger partial charge >= 0.3 is 0 Å². The van der Waals surface area contributed by atoms with E-state index in [1.54, 1.807) is 18.2 Å². The lowest BCUT2D eigenvalue weighted by Gasteiger charge is -2.33. The lowest BCUT2D eigenvalue weighted by molar-refractivity contribution is -0.125. The van der Waals surface area contributed by atoms with E-state index < -0.39 is 0 Å². The number of likely N-dealkylation sites (N-methyl/N-ethyl adjacent to an activating group) is 1. The highest BCUT2D eigenvalue weighted by atomic mass is 35.5. The van der Waals surface area contributed by atoms with Crippen LogP contribution in [-0.4, -0.2) is 43.5 Å². The van der Waals surface area contributed by atoms with E-state index in [4.69, 9.17) is 23.2 Å². The van der Waals surface area contributed by atoms with Crippen molar-refractivity contribution in [2.75, 3.05) is 26.7 Å². The quantitative estimate of drug-likeness (QED) is 0.875. The molecule has 2 saturated heterocycles. The van der Waals surface area contributed by atoms with Crippen molar-refractivity contribution >= 4 is 29.1 Å². The summed E-state index contributed by atoms with van der Waals surface area (Å²) < 4.78 is 0. The maximum absolute atomic E-state index is 12.6. The molecule has 0 saturated carbocycles. The fraction of sp³-hybridized carbons (Fsp3) is 0.588. The molecule has 1 amide bonds. The molecule has 0 unspecified atom stereocenters. The molecule has 23 heavy (non-hydrogen) atoms. The van der Waals surface area contributed by atoms with Gasteiger partial charge in [0.15, 0.2) is 0 Å². The molecule has 2 heterocycles. The van der Waals surface area contributed by atoms with Gasteiger partial charge in [-0.2, -0.15) is 0 Å². The third-order valence-electron chi connectivity index (χ3n) is 5.17. The Morgan fingerprint density at radius 2 is 2.13 bits per heavy atom. The first-order valence-electron chi connectivity index (χ1n) is 8.12. The zero-order chi connectivity index (χ0) is 16.4. The average molecular weight is 356 g/mol. The van der Waals surface area contributed by atoms with Gasteiger partial charge in [0.1, 0.15) is 0 Å². The second-order valence-corrected chi connectivity index (χ2v) is 7.68. The van der Waals surface area contributed by atoms with Crippen LogP contribution in [0.2, 0.25) is 10.0 Å². The highest BCUT2D eigenvalue weighted by Crippen LogP contribution is 2.41. The molecule has 0 aliphatic carbocycles. The van der Waals surface area contributed by atoms with Gasteiger partial charge in [-0.3, -0.25) is 9.69 Å². The fourth-order valence-corrected chi connectivity index (χ4v) is 4.24. The van der Waals surface area contributed by atoms with Crippen molar-refractivity contribution in [3.63, 3.8) is 0 Å². The molecule has 0 radical (unpaired) electrons. The second kappa shape index (κ2) is 6.98. The van der Waals surface area contributed by atoms with Crippen LogP contribution in [-0.2, 0) is 11.3 Å². The fourth-order valence-electron chi connectivity index (χ4n) is 3.86. The summed E-state index contributed by atoms with van der Waals surface area (Å²) in [6.45, 7) is 3.53. The number of hydrogen-bond donors (Lipinski definition) is 2. The minimum absolute atomic E-state index is 0.0499. The van der Waals surface area contributed by atoms with Crippen LogP contribution in [0.15, 0.2) is 18.2 Å². The summed E-state index contributed by atoms with van der Waals surface area (Å²) in [5, 5.41) is 7.69. The Labute approximate surface area is 147 Å². The normalized spacial score (nSPS) is 24.0. The first-order chi connectivity index (χ1) is 11.0. The molecule has 1 atom stereocenters. The number of piperidine rings is 1. The predicted octanol–water partition coefficient (Wildman–Crippen LogP) is 2.68. The summed E-state index contributed by atoms with van der Waals surface area (Å²) >= 11 is 12.2. The van der Waals surface area contributed by atoms with E-state index in [1.165, 1.54) is 0 Å². The van der Waals surface area contributed by atoms with Gasteiger partial charge in [-0.05, 0) is 68.6 Å². The van der Waals surface area contributed by atoms with Crippen molar-refractivity contribution in [2.45, 2.75) is 31.8 Å². The van der Waals surface area contributed by atoms with E-state index >= 15 is 0 Å². The minimum atomic E-state index is -0.0499. The minimum Gasteiger partial charge on any atom is -0.351 e. The van der Waals surface area contributed by atoms with Crippen molar-refractivity contribution in [1.29, 1.82) is 0 Å². The molecule has 2 aliphatic rings. The van der Waals surface area contributed by atoms with Gasteiger partial charge in [-0.25, -0.2) is 0 Å². The number of hydrogen-bond acceptors (Lipinski definition) is 3. The smallest absolute Gasteiger partial charge is 0.237 e. The Balaban J connectivity index is 1.61. The average Bonchev–Trinajstić information content (AvgIpc) is 2.84. The van der Waals surface area contributed by atoms with Crippen molar-refractivity contribution < 1.29 is 4.79 Å². The molecule has 126 valence electrons. The van der Waals surface area contributed by atoms with Crippen LogP contribution in [0.3, 0.4) is 0 Å². The van der Waals surface area contributed by atoms with Crippen LogP contribution in [0, 0.1) is 5.41 Å². The first kappa shape index (κ1) is 17.0. The molecule has 1 aromatic carbocycles. The molecular weight excluding hydrogens is 333 g/mol.